The molecule has 4 nitrogen and oxygen atoms in total. The lowest BCUT2D eigenvalue weighted by molar-refractivity contribution is 0.415. The van der Waals surface area contributed by atoms with Crippen LogP contribution in [0.1, 0.15) is 25.8 Å². The third kappa shape index (κ3) is 3.95. The average Bonchev–Trinajstić information content (AvgIpc) is 3.27. The fourth-order valence-electron chi connectivity index (χ4n) is 2.69. The average molecular weight is 311 g/mol. The van der Waals surface area contributed by atoms with Crippen LogP contribution in [0.25, 0.3) is 10.8 Å². The maximum absolute atomic E-state index is 5.27. The fraction of sp³-hybridized carbons (Fsp3) is 0.421. The molecule has 0 radical (unpaired) electrons. The Morgan fingerprint density at radius 1 is 1.22 bits per heavy atom. The van der Waals surface area contributed by atoms with Crippen LogP contribution in [0.3, 0.4) is 0 Å². The summed E-state index contributed by atoms with van der Waals surface area (Å²) in [6.07, 6.45) is 1.24. The Balaban J connectivity index is 1.72. The number of benzene rings is 2. The van der Waals surface area contributed by atoms with Crippen molar-refractivity contribution in [3.8, 4) is 5.75 Å². The molecule has 122 valence electrons. The summed E-state index contributed by atoms with van der Waals surface area (Å²) >= 11 is 0. The number of nitrogens with zero attached hydrogens (tertiary/aromatic N) is 1. The van der Waals surface area contributed by atoms with Crippen LogP contribution in [0.5, 0.6) is 5.75 Å². The van der Waals surface area contributed by atoms with E-state index in [2.05, 4.69) is 54.8 Å². The number of ether oxygens (including phenoxy) is 1. The van der Waals surface area contributed by atoms with Crippen molar-refractivity contribution in [3.05, 3.63) is 42.0 Å². The molecule has 0 spiro atoms. The maximum Gasteiger partial charge on any atom is 0.191 e. The zero-order chi connectivity index (χ0) is 16.2. The summed E-state index contributed by atoms with van der Waals surface area (Å²) in [5, 5.41) is 9.21. The highest BCUT2D eigenvalue weighted by atomic mass is 16.5. The highest BCUT2D eigenvalue weighted by Gasteiger charge is 2.33. The largest absolute Gasteiger partial charge is 0.497 e. The fourth-order valence-corrected chi connectivity index (χ4v) is 2.69. The minimum atomic E-state index is 0.580. The van der Waals surface area contributed by atoms with E-state index >= 15 is 0 Å². The molecule has 2 aromatic carbocycles. The Bertz CT molecular complexity index is 711. The Morgan fingerprint density at radius 3 is 2.65 bits per heavy atom. The van der Waals surface area contributed by atoms with Crippen molar-refractivity contribution in [3.63, 3.8) is 0 Å². The first-order valence-electron chi connectivity index (χ1n) is 8.31. The van der Waals surface area contributed by atoms with E-state index in [0.29, 0.717) is 12.6 Å². The van der Waals surface area contributed by atoms with E-state index in [1.165, 1.54) is 22.8 Å². The first kappa shape index (κ1) is 15.7. The molecule has 0 heterocycles. The van der Waals surface area contributed by atoms with Crippen LogP contribution in [0.2, 0.25) is 0 Å². The molecule has 1 fully saturated rings. The summed E-state index contributed by atoms with van der Waals surface area (Å²) in [5.41, 5.74) is 1.21. The van der Waals surface area contributed by atoms with Gasteiger partial charge in [-0.3, -0.25) is 0 Å². The van der Waals surface area contributed by atoms with Gasteiger partial charge in [-0.25, -0.2) is 4.99 Å². The molecule has 4 heteroatoms. The SMILES string of the molecule is CCNC(=NCc1ccc2cc(OC)ccc2c1)NC1CC1C. The van der Waals surface area contributed by atoms with Gasteiger partial charge in [0.15, 0.2) is 5.96 Å². The first-order valence-corrected chi connectivity index (χ1v) is 8.31. The summed E-state index contributed by atoms with van der Waals surface area (Å²) < 4.78 is 5.27. The molecule has 0 saturated heterocycles. The van der Waals surface area contributed by atoms with Crippen LogP contribution in [0.15, 0.2) is 41.4 Å². The molecule has 2 atom stereocenters. The van der Waals surface area contributed by atoms with Gasteiger partial charge in [0.25, 0.3) is 0 Å². The zero-order valence-electron chi connectivity index (χ0n) is 14.1. The molecule has 0 aliphatic heterocycles. The minimum Gasteiger partial charge on any atom is -0.497 e. The third-order valence-corrected chi connectivity index (χ3v) is 4.31. The smallest absolute Gasteiger partial charge is 0.191 e. The van der Waals surface area contributed by atoms with Gasteiger partial charge in [-0.15, -0.1) is 0 Å². The first-order chi connectivity index (χ1) is 11.2. The monoisotopic (exact) mass is 311 g/mol. The molecule has 0 bridgehead atoms. The second-order valence-electron chi connectivity index (χ2n) is 6.21. The second-order valence-corrected chi connectivity index (χ2v) is 6.21. The number of hydrogen-bond acceptors (Lipinski definition) is 2. The van der Waals surface area contributed by atoms with Crippen LogP contribution >= 0.6 is 0 Å². The Labute approximate surface area is 138 Å². The standard InChI is InChI=1S/C19H25N3O/c1-4-20-19(22-18-9-13(18)2)21-12-14-5-6-16-11-17(23-3)8-7-15(16)10-14/h5-8,10-11,13,18H,4,9,12H2,1-3H3,(H2,20,21,22). The van der Waals surface area contributed by atoms with Crippen molar-refractivity contribution in [2.45, 2.75) is 32.9 Å². The van der Waals surface area contributed by atoms with Gasteiger partial charge in [0.1, 0.15) is 5.75 Å². The van der Waals surface area contributed by atoms with Gasteiger partial charge in [0.05, 0.1) is 13.7 Å². The van der Waals surface area contributed by atoms with Gasteiger partial charge in [-0.05, 0) is 53.8 Å². The van der Waals surface area contributed by atoms with Crippen molar-refractivity contribution in [1.82, 2.24) is 10.6 Å². The third-order valence-electron chi connectivity index (χ3n) is 4.31. The van der Waals surface area contributed by atoms with Crippen molar-refractivity contribution in [2.24, 2.45) is 10.9 Å². The molecule has 2 unspecified atom stereocenters. The molecule has 2 N–H and O–H groups in total. The number of methoxy groups -OCH3 is 1. The quantitative estimate of drug-likeness (QED) is 0.658. The molecule has 3 rings (SSSR count). The van der Waals surface area contributed by atoms with Gasteiger partial charge < -0.3 is 15.4 Å². The van der Waals surface area contributed by atoms with Gasteiger partial charge in [-0.2, -0.15) is 0 Å². The number of aliphatic imine (C=N–C) groups is 1. The van der Waals surface area contributed by atoms with E-state index in [0.717, 1.165) is 24.2 Å². The van der Waals surface area contributed by atoms with E-state index in [1.54, 1.807) is 7.11 Å². The maximum atomic E-state index is 5.27. The van der Waals surface area contributed by atoms with Crippen molar-refractivity contribution in [2.75, 3.05) is 13.7 Å². The second kappa shape index (κ2) is 6.90. The van der Waals surface area contributed by atoms with Crippen LogP contribution < -0.4 is 15.4 Å². The molecular formula is C19H25N3O. The molecule has 1 aliphatic rings. The van der Waals surface area contributed by atoms with Gasteiger partial charge in [-0.1, -0.05) is 25.1 Å². The molecule has 2 aromatic rings. The lowest BCUT2D eigenvalue weighted by atomic mass is 10.1. The predicted octanol–water partition coefficient (Wildman–Crippen LogP) is 3.31. The number of guanidine groups is 1. The lowest BCUT2D eigenvalue weighted by Crippen LogP contribution is -2.39. The van der Waals surface area contributed by atoms with E-state index in [1.807, 2.05) is 6.07 Å². The Kier molecular flexibility index (Phi) is 4.70. The lowest BCUT2D eigenvalue weighted by Gasteiger charge is -2.11. The molecule has 1 saturated carbocycles. The van der Waals surface area contributed by atoms with E-state index < -0.39 is 0 Å². The van der Waals surface area contributed by atoms with E-state index in [-0.39, 0.29) is 0 Å². The molecular weight excluding hydrogens is 286 g/mol. The van der Waals surface area contributed by atoms with Crippen LogP contribution in [0, 0.1) is 5.92 Å². The number of rotatable bonds is 5. The summed E-state index contributed by atoms with van der Waals surface area (Å²) in [4.78, 5) is 4.71. The molecule has 0 aromatic heterocycles. The van der Waals surface area contributed by atoms with E-state index in [4.69, 9.17) is 9.73 Å². The molecule has 23 heavy (non-hydrogen) atoms. The highest BCUT2D eigenvalue weighted by molar-refractivity contribution is 5.85. The molecule has 0 amide bonds. The summed E-state index contributed by atoms with van der Waals surface area (Å²) in [5.74, 6) is 2.56. The Hall–Kier alpha value is -2.23. The van der Waals surface area contributed by atoms with Crippen LogP contribution in [-0.4, -0.2) is 25.7 Å². The van der Waals surface area contributed by atoms with Gasteiger partial charge >= 0.3 is 0 Å². The predicted molar refractivity (Wildman–Crippen MR) is 96.0 cm³/mol. The summed E-state index contributed by atoms with van der Waals surface area (Å²) in [7, 11) is 1.69. The zero-order valence-corrected chi connectivity index (χ0v) is 14.1. The van der Waals surface area contributed by atoms with Crippen molar-refractivity contribution < 1.29 is 4.74 Å². The van der Waals surface area contributed by atoms with Crippen LogP contribution in [0.4, 0.5) is 0 Å². The van der Waals surface area contributed by atoms with Gasteiger partial charge in [0, 0.05) is 12.6 Å². The van der Waals surface area contributed by atoms with Crippen molar-refractivity contribution in [1.29, 1.82) is 0 Å². The highest BCUT2D eigenvalue weighted by Crippen LogP contribution is 2.28. The van der Waals surface area contributed by atoms with Crippen molar-refractivity contribution >= 4 is 16.7 Å². The summed E-state index contributed by atoms with van der Waals surface area (Å²) in [6, 6.07) is 13.2. The van der Waals surface area contributed by atoms with E-state index in [9.17, 15) is 0 Å². The number of nitrogens with one attached hydrogen (secondary N) is 2. The van der Waals surface area contributed by atoms with Gasteiger partial charge in [0.2, 0.25) is 0 Å². The molecule has 1 aliphatic carbocycles. The Morgan fingerprint density at radius 2 is 1.96 bits per heavy atom. The minimum absolute atomic E-state index is 0.580. The van der Waals surface area contributed by atoms with Crippen LogP contribution in [-0.2, 0) is 6.54 Å². The topological polar surface area (TPSA) is 45.7 Å². The summed E-state index contributed by atoms with van der Waals surface area (Å²) in [6.45, 7) is 5.92. The number of hydrogen-bond donors (Lipinski definition) is 2. The normalized spacial score (nSPS) is 20.4. The number of fused-ring (bicyclic) bond motifs is 1.